The Hall–Kier alpha value is -2.52. The van der Waals surface area contributed by atoms with E-state index >= 15 is 0 Å². The van der Waals surface area contributed by atoms with Crippen LogP contribution in [0.3, 0.4) is 0 Å². The average Bonchev–Trinajstić information content (AvgIpc) is 3.17. The van der Waals surface area contributed by atoms with Crippen molar-refractivity contribution in [1.82, 2.24) is 19.9 Å². The van der Waals surface area contributed by atoms with E-state index in [1.807, 2.05) is 0 Å². The Morgan fingerprint density at radius 1 is 1.39 bits per heavy atom. The number of furan rings is 1. The molecule has 3 N–H and O–H groups in total. The third-order valence-corrected chi connectivity index (χ3v) is 3.90. The number of aromatic nitrogens is 4. The van der Waals surface area contributed by atoms with Gasteiger partial charge in [-0.3, -0.25) is 4.79 Å². The standard InChI is InChI=1S/C13H11ClN6O2S/c14-8-3-4-10(16-6-8)17-11(21)7-23-13-19-18-12(20(13)15)9-2-1-5-22-9/h1-6H,7,15H2,(H,16,17,21). The van der Waals surface area contributed by atoms with Gasteiger partial charge in [0, 0.05) is 6.20 Å². The van der Waals surface area contributed by atoms with E-state index < -0.39 is 0 Å². The lowest BCUT2D eigenvalue weighted by atomic mass is 10.4. The molecule has 1 amide bonds. The topological polar surface area (TPSA) is 112 Å². The van der Waals surface area contributed by atoms with Crippen LogP contribution < -0.4 is 11.2 Å². The monoisotopic (exact) mass is 350 g/mol. The van der Waals surface area contributed by atoms with Gasteiger partial charge in [-0.25, -0.2) is 9.66 Å². The molecule has 118 valence electrons. The van der Waals surface area contributed by atoms with Crippen LogP contribution in [0.5, 0.6) is 0 Å². The molecule has 0 spiro atoms. The third kappa shape index (κ3) is 3.63. The van der Waals surface area contributed by atoms with Crippen molar-refractivity contribution in [3.63, 3.8) is 0 Å². The van der Waals surface area contributed by atoms with E-state index in [0.29, 0.717) is 27.6 Å². The van der Waals surface area contributed by atoms with Gasteiger partial charge in [-0.15, -0.1) is 10.2 Å². The fourth-order valence-corrected chi connectivity index (χ4v) is 2.48. The van der Waals surface area contributed by atoms with Gasteiger partial charge in [-0.2, -0.15) is 0 Å². The summed E-state index contributed by atoms with van der Waals surface area (Å²) < 4.78 is 6.49. The Morgan fingerprint density at radius 2 is 2.26 bits per heavy atom. The zero-order valence-electron chi connectivity index (χ0n) is 11.6. The number of carbonyl (C=O) groups excluding carboxylic acids is 1. The number of amides is 1. The van der Waals surface area contributed by atoms with Crippen LogP contribution in [-0.4, -0.2) is 31.5 Å². The normalized spacial score (nSPS) is 10.7. The lowest BCUT2D eigenvalue weighted by Crippen LogP contribution is -2.17. The molecule has 23 heavy (non-hydrogen) atoms. The maximum Gasteiger partial charge on any atom is 0.236 e. The van der Waals surface area contributed by atoms with E-state index in [1.165, 1.54) is 17.1 Å². The van der Waals surface area contributed by atoms with Gasteiger partial charge in [-0.05, 0) is 24.3 Å². The van der Waals surface area contributed by atoms with Crippen molar-refractivity contribution in [2.75, 3.05) is 16.9 Å². The molecule has 0 aliphatic heterocycles. The first kappa shape index (κ1) is 15.4. The van der Waals surface area contributed by atoms with Crippen molar-refractivity contribution < 1.29 is 9.21 Å². The number of nitrogens with one attached hydrogen (secondary N) is 1. The van der Waals surface area contributed by atoms with Crippen LogP contribution in [0.4, 0.5) is 5.82 Å². The Balaban J connectivity index is 1.60. The molecule has 0 atom stereocenters. The van der Waals surface area contributed by atoms with Crippen molar-refractivity contribution in [3.8, 4) is 11.6 Å². The minimum Gasteiger partial charge on any atom is -0.461 e. The zero-order valence-corrected chi connectivity index (χ0v) is 13.2. The van der Waals surface area contributed by atoms with Gasteiger partial charge in [0.25, 0.3) is 0 Å². The third-order valence-electron chi connectivity index (χ3n) is 2.73. The first-order valence-corrected chi connectivity index (χ1v) is 7.78. The Bertz CT molecular complexity index is 802. The summed E-state index contributed by atoms with van der Waals surface area (Å²) in [5.74, 6) is 7.08. The Labute approximate surface area is 140 Å². The van der Waals surface area contributed by atoms with E-state index in [4.69, 9.17) is 21.9 Å². The van der Waals surface area contributed by atoms with Gasteiger partial charge in [0.15, 0.2) is 5.76 Å². The van der Waals surface area contributed by atoms with Gasteiger partial charge in [0.05, 0.1) is 17.0 Å². The maximum absolute atomic E-state index is 11.9. The highest BCUT2D eigenvalue weighted by molar-refractivity contribution is 7.99. The molecule has 0 aliphatic carbocycles. The summed E-state index contributed by atoms with van der Waals surface area (Å²) in [6.07, 6.45) is 2.97. The predicted octanol–water partition coefficient (Wildman–Crippen LogP) is 2.03. The van der Waals surface area contributed by atoms with Crippen molar-refractivity contribution >= 4 is 35.1 Å². The predicted molar refractivity (Wildman–Crippen MR) is 86.5 cm³/mol. The van der Waals surface area contributed by atoms with Crippen LogP contribution >= 0.6 is 23.4 Å². The van der Waals surface area contributed by atoms with E-state index in [1.54, 1.807) is 24.3 Å². The number of anilines is 1. The summed E-state index contributed by atoms with van der Waals surface area (Å²) in [6.45, 7) is 0. The van der Waals surface area contributed by atoms with E-state index in [2.05, 4.69) is 20.5 Å². The largest absolute Gasteiger partial charge is 0.461 e. The molecule has 3 aromatic heterocycles. The quantitative estimate of drug-likeness (QED) is 0.534. The number of pyridine rings is 1. The molecule has 0 aliphatic rings. The first-order valence-electron chi connectivity index (χ1n) is 6.42. The maximum atomic E-state index is 11.9. The molecule has 3 heterocycles. The molecular weight excluding hydrogens is 340 g/mol. The summed E-state index contributed by atoms with van der Waals surface area (Å²) >= 11 is 6.89. The van der Waals surface area contributed by atoms with Crippen molar-refractivity contribution in [2.24, 2.45) is 0 Å². The van der Waals surface area contributed by atoms with Crippen LogP contribution in [0.1, 0.15) is 0 Å². The van der Waals surface area contributed by atoms with Gasteiger partial charge >= 0.3 is 0 Å². The molecule has 0 radical (unpaired) electrons. The van der Waals surface area contributed by atoms with Gasteiger partial charge in [0.2, 0.25) is 16.9 Å². The Kier molecular flexibility index (Phi) is 4.49. The number of nitrogen functional groups attached to an aromatic ring is 1. The molecule has 0 saturated carbocycles. The summed E-state index contributed by atoms with van der Waals surface area (Å²) in [6, 6.07) is 6.71. The minimum absolute atomic E-state index is 0.109. The lowest BCUT2D eigenvalue weighted by Gasteiger charge is -2.04. The second kappa shape index (κ2) is 6.71. The van der Waals surface area contributed by atoms with Crippen molar-refractivity contribution in [2.45, 2.75) is 5.16 Å². The van der Waals surface area contributed by atoms with Gasteiger partial charge in [0.1, 0.15) is 5.82 Å². The number of thioether (sulfide) groups is 1. The van der Waals surface area contributed by atoms with Crippen molar-refractivity contribution in [1.29, 1.82) is 0 Å². The summed E-state index contributed by atoms with van der Waals surface area (Å²) in [5, 5.41) is 11.4. The summed E-state index contributed by atoms with van der Waals surface area (Å²) in [7, 11) is 0. The summed E-state index contributed by atoms with van der Waals surface area (Å²) in [5.41, 5.74) is 0. The highest BCUT2D eigenvalue weighted by Crippen LogP contribution is 2.21. The fourth-order valence-electron chi connectivity index (χ4n) is 1.71. The Morgan fingerprint density at radius 3 is 2.96 bits per heavy atom. The number of nitrogens with two attached hydrogens (primary N) is 1. The molecular formula is C13H11ClN6O2S. The molecule has 0 fully saturated rings. The molecule has 8 nitrogen and oxygen atoms in total. The molecule has 0 aromatic carbocycles. The zero-order chi connectivity index (χ0) is 16.2. The number of halogens is 1. The van der Waals surface area contributed by atoms with Crippen LogP contribution in [0.2, 0.25) is 5.02 Å². The van der Waals surface area contributed by atoms with Crippen LogP contribution in [0.25, 0.3) is 11.6 Å². The van der Waals surface area contributed by atoms with Crippen LogP contribution in [-0.2, 0) is 4.79 Å². The molecule has 10 heteroatoms. The smallest absolute Gasteiger partial charge is 0.236 e. The van der Waals surface area contributed by atoms with Crippen molar-refractivity contribution in [3.05, 3.63) is 41.7 Å². The second-order valence-corrected chi connectivity index (χ2v) is 5.73. The second-order valence-electron chi connectivity index (χ2n) is 4.35. The first-order chi connectivity index (χ1) is 11.1. The molecule has 3 rings (SSSR count). The number of carbonyl (C=O) groups is 1. The minimum atomic E-state index is -0.243. The average molecular weight is 351 g/mol. The SMILES string of the molecule is Nn1c(SCC(=O)Nc2ccc(Cl)cn2)nnc1-c1ccco1. The number of hydrogen-bond acceptors (Lipinski definition) is 7. The molecule has 0 bridgehead atoms. The molecule has 3 aromatic rings. The number of hydrogen-bond donors (Lipinski definition) is 2. The van der Waals surface area contributed by atoms with Crippen LogP contribution in [0.15, 0.2) is 46.3 Å². The summed E-state index contributed by atoms with van der Waals surface area (Å²) in [4.78, 5) is 15.9. The fraction of sp³-hybridized carbons (Fsp3) is 0.0769. The molecule has 0 unspecified atom stereocenters. The highest BCUT2D eigenvalue weighted by atomic mass is 35.5. The molecule has 0 saturated heterocycles. The van der Waals surface area contributed by atoms with Gasteiger partial charge in [-0.1, -0.05) is 23.4 Å². The number of rotatable bonds is 5. The van der Waals surface area contributed by atoms with Gasteiger partial charge < -0.3 is 15.6 Å². The lowest BCUT2D eigenvalue weighted by molar-refractivity contribution is -0.113. The number of nitrogens with zero attached hydrogens (tertiary/aromatic N) is 4. The van der Waals surface area contributed by atoms with E-state index in [9.17, 15) is 4.79 Å². The van der Waals surface area contributed by atoms with Crippen LogP contribution in [0, 0.1) is 0 Å². The van der Waals surface area contributed by atoms with E-state index in [-0.39, 0.29) is 11.7 Å². The highest BCUT2D eigenvalue weighted by Gasteiger charge is 2.15. The van der Waals surface area contributed by atoms with E-state index in [0.717, 1.165) is 11.8 Å².